The number of alkyl halides is 2. The fourth-order valence-corrected chi connectivity index (χ4v) is 2.12. The second-order valence-electron chi connectivity index (χ2n) is 3.21. The average molecular weight is 288 g/mol. The predicted octanol–water partition coefficient (Wildman–Crippen LogP) is 2.95. The van der Waals surface area contributed by atoms with Crippen LogP contribution < -0.4 is 0 Å². The van der Waals surface area contributed by atoms with Gasteiger partial charge in [0, 0.05) is 3.92 Å². The number of halogens is 2. The van der Waals surface area contributed by atoms with E-state index < -0.39 is 12.8 Å². The van der Waals surface area contributed by atoms with Gasteiger partial charge in [-0.2, -0.15) is 0 Å². The highest BCUT2D eigenvalue weighted by molar-refractivity contribution is 14.1. The monoisotopic (exact) mass is 288 g/mol. The first kappa shape index (κ1) is 12.6. The Hall–Kier alpha value is 0.620. The summed E-state index contributed by atoms with van der Waals surface area (Å²) in [6, 6.07) is 0. The van der Waals surface area contributed by atoms with E-state index in [1.165, 1.54) is 0 Å². The van der Waals surface area contributed by atoms with Crippen LogP contribution >= 0.6 is 22.6 Å². The van der Waals surface area contributed by atoms with Crippen molar-refractivity contribution >= 4 is 22.6 Å². The molecule has 1 N–H and O–H groups in total. The summed E-state index contributed by atoms with van der Waals surface area (Å²) in [6.07, 6.45) is 2.36. The maximum atomic E-state index is 12.2. The summed E-state index contributed by atoms with van der Waals surface area (Å²) in [7, 11) is 0. The topological polar surface area (TPSA) is 20.2 Å². The third kappa shape index (κ3) is 4.60. The molecule has 0 saturated carbocycles. The minimum atomic E-state index is -0.761. The second-order valence-corrected chi connectivity index (χ2v) is 5.17. The third-order valence-electron chi connectivity index (χ3n) is 2.13. The SMILES string of the molecule is CCCC[C@@H](C(C)I)C(O)CF. The van der Waals surface area contributed by atoms with Gasteiger partial charge in [0.1, 0.15) is 6.67 Å². The maximum absolute atomic E-state index is 12.2. The van der Waals surface area contributed by atoms with Crippen LogP contribution in [0.4, 0.5) is 4.39 Å². The Kier molecular flexibility index (Phi) is 7.43. The first-order valence-corrected chi connectivity index (χ1v) is 5.76. The molecular weight excluding hydrogens is 270 g/mol. The van der Waals surface area contributed by atoms with Gasteiger partial charge in [-0.3, -0.25) is 0 Å². The van der Waals surface area contributed by atoms with E-state index in [2.05, 4.69) is 29.5 Å². The highest BCUT2D eigenvalue weighted by atomic mass is 127. The lowest BCUT2D eigenvalue weighted by Gasteiger charge is -2.22. The second kappa shape index (κ2) is 7.06. The van der Waals surface area contributed by atoms with Gasteiger partial charge in [0.25, 0.3) is 0 Å². The third-order valence-corrected chi connectivity index (χ3v) is 3.06. The van der Waals surface area contributed by atoms with Crippen LogP contribution in [0.1, 0.15) is 33.1 Å². The van der Waals surface area contributed by atoms with Crippen LogP contribution in [0.5, 0.6) is 0 Å². The van der Waals surface area contributed by atoms with Crippen LogP contribution in [0.25, 0.3) is 0 Å². The first-order valence-electron chi connectivity index (χ1n) is 4.51. The molecule has 3 heteroatoms. The van der Waals surface area contributed by atoms with Crippen molar-refractivity contribution in [1.82, 2.24) is 0 Å². The lowest BCUT2D eigenvalue weighted by Crippen LogP contribution is -2.28. The largest absolute Gasteiger partial charge is 0.390 e. The molecule has 2 unspecified atom stereocenters. The van der Waals surface area contributed by atoms with Crippen molar-refractivity contribution < 1.29 is 9.50 Å². The van der Waals surface area contributed by atoms with Crippen LogP contribution in [0.3, 0.4) is 0 Å². The number of aliphatic hydroxyl groups excluding tert-OH is 1. The molecule has 0 amide bonds. The van der Waals surface area contributed by atoms with E-state index in [1.807, 2.05) is 6.92 Å². The summed E-state index contributed by atoms with van der Waals surface area (Å²) in [5.41, 5.74) is 0. The van der Waals surface area contributed by atoms with Crippen LogP contribution in [0, 0.1) is 5.92 Å². The lowest BCUT2D eigenvalue weighted by molar-refractivity contribution is 0.0777. The molecule has 12 heavy (non-hydrogen) atoms. The first-order chi connectivity index (χ1) is 5.63. The van der Waals surface area contributed by atoms with Crippen molar-refractivity contribution in [3.05, 3.63) is 0 Å². The van der Waals surface area contributed by atoms with E-state index in [0.717, 1.165) is 19.3 Å². The molecule has 0 fully saturated rings. The number of hydrogen-bond donors (Lipinski definition) is 1. The summed E-state index contributed by atoms with van der Waals surface area (Å²) < 4.78 is 12.5. The molecule has 0 aliphatic carbocycles. The molecule has 74 valence electrons. The molecule has 0 spiro atoms. The Morgan fingerprint density at radius 1 is 1.50 bits per heavy atom. The fraction of sp³-hybridized carbons (Fsp3) is 1.00. The molecule has 0 heterocycles. The normalized spacial score (nSPS) is 18.8. The van der Waals surface area contributed by atoms with Gasteiger partial charge in [-0.05, 0) is 12.3 Å². The van der Waals surface area contributed by atoms with E-state index in [9.17, 15) is 9.50 Å². The zero-order valence-corrected chi connectivity index (χ0v) is 9.92. The zero-order chi connectivity index (χ0) is 9.56. The zero-order valence-electron chi connectivity index (χ0n) is 7.76. The molecule has 0 aromatic heterocycles. The van der Waals surface area contributed by atoms with Crippen molar-refractivity contribution in [1.29, 1.82) is 0 Å². The van der Waals surface area contributed by atoms with E-state index >= 15 is 0 Å². The van der Waals surface area contributed by atoms with Crippen LogP contribution in [-0.2, 0) is 0 Å². The average Bonchev–Trinajstić information content (AvgIpc) is 2.04. The van der Waals surface area contributed by atoms with Gasteiger partial charge in [-0.1, -0.05) is 49.3 Å². The number of aliphatic hydroxyl groups is 1. The van der Waals surface area contributed by atoms with Gasteiger partial charge in [0.2, 0.25) is 0 Å². The molecule has 0 aliphatic rings. The standard InChI is InChI=1S/C9H18FIO/c1-3-4-5-8(7(2)11)9(12)6-10/h7-9,12H,3-6H2,1-2H3/t7?,8-,9?/m0/s1. The number of rotatable bonds is 6. The smallest absolute Gasteiger partial charge is 0.116 e. The van der Waals surface area contributed by atoms with Gasteiger partial charge < -0.3 is 5.11 Å². The van der Waals surface area contributed by atoms with E-state index in [1.54, 1.807) is 0 Å². The van der Waals surface area contributed by atoms with Gasteiger partial charge in [0.15, 0.2) is 0 Å². The molecular formula is C9H18FIO. The van der Waals surface area contributed by atoms with Gasteiger partial charge in [0.05, 0.1) is 6.10 Å². The molecule has 0 aromatic rings. The molecule has 0 saturated heterocycles. The minimum absolute atomic E-state index is 0.121. The van der Waals surface area contributed by atoms with Crippen molar-refractivity contribution in [2.24, 2.45) is 5.92 Å². The fourth-order valence-electron chi connectivity index (χ4n) is 1.28. The Morgan fingerprint density at radius 3 is 2.42 bits per heavy atom. The molecule has 0 rings (SSSR count). The van der Waals surface area contributed by atoms with Crippen LogP contribution in [0.15, 0.2) is 0 Å². The number of unbranched alkanes of at least 4 members (excludes halogenated alkanes) is 1. The van der Waals surface area contributed by atoms with Gasteiger partial charge >= 0.3 is 0 Å². The Morgan fingerprint density at radius 2 is 2.08 bits per heavy atom. The summed E-state index contributed by atoms with van der Waals surface area (Å²) in [4.78, 5) is 0. The van der Waals surface area contributed by atoms with Gasteiger partial charge in [-0.25, -0.2) is 4.39 Å². The van der Waals surface area contributed by atoms with Crippen molar-refractivity contribution in [2.75, 3.05) is 6.67 Å². The molecule has 3 atom stereocenters. The van der Waals surface area contributed by atoms with Gasteiger partial charge in [-0.15, -0.1) is 0 Å². The van der Waals surface area contributed by atoms with Crippen molar-refractivity contribution in [2.45, 2.75) is 43.1 Å². The lowest BCUT2D eigenvalue weighted by atomic mass is 9.94. The van der Waals surface area contributed by atoms with E-state index in [4.69, 9.17) is 0 Å². The quantitative estimate of drug-likeness (QED) is 0.588. The highest BCUT2D eigenvalue weighted by Gasteiger charge is 2.22. The van der Waals surface area contributed by atoms with Crippen molar-refractivity contribution in [3.8, 4) is 0 Å². The number of hydrogen-bond acceptors (Lipinski definition) is 1. The Balaban J connectivity index is 3.85. The molecule has 0 aliphatic heterocycles. The molecule has 0 radical (unpaired) electrons. The maximum Gasteiger partial charge on any atom is 0.116 e. The van der Waals surface area contributed by atoms with Crippen LogP contribution in [0.2, 0.25) is 0 Å². The molecule has 0 bridgehead atoms. The minimum Gasteiger partial charge on any atom is -0.390 e. The van der Waals surface area contributed by atoms with E-state index in [0.29, 0.717) is 3.92 Å². The Labute approximate surface area is 87.9 Å². The van der Waals surface area contributed by atoms with E-state index in [-0.39, 0.29) is 5.92 Å². The van der Waals surface area contributed by atoms with Crippen LogP contribution in [-0.4, -0.2) is 21.8 Å². The predicted molar refractivity (Wildman–Crippen MR) is 58.5 cm³/mol. The Bertz CT molecular complexity index is 109. The summed E-state index contributed by atoms with van der Waals surface area (Å²) in [5.74, 6) is 0.121. The molecule has 0 aromatic carbocycles. The summed E-state index contributed by atoms with van der Waals surface area (Å²) >= 11 is 2.26. The molecule has 1 nitrogen and oxygen atoms in total. The summed E-state index contributed by atoms with van der Waals surface area (Å²) in [6.45, 7) is 3.53. The van der Waals surface area contributed by atoms with Crippen molar-refractivity contribution in [3.63, 3.8) is 0 Å². The highest BCUT2D eigenvalue weighted by Crippen LogP contribution is 2.23. The summed E-state index contributed by atoms with van der Waals surface area (Å²) in [5, 5.41) is 9.33.